The highest BCUT2D eigenvalue weighted by atomic mass is 35.5. The number of alkyl halides is 1. The van der Waals surface area contributed by atoms with Crippen LogP contribution >= 0.6 is 11.6 Å². The van der Waals surface area contributed by atoms with Gasteiger partial charge < -0.3 is 14.4 Å². The molecule has 1 fully saturated rings. The van der Waals surface area contributed by atoms with Crippen molar-refractivity contribution in [3.05, 3.63) is 23.8 Å². The minimum Gasteiger partial charge on any atom is -0.486 e. The highest BCUT2D eigenvalue weighted by Crippen LogP contribution is 2.35. The first kappa shape index (κ1) is 13.6. The first-order valence-electron chi connectivity index (χ1n) is 6.93. The number of rotatable bonds is 3. The molecule has 1 saturated carbocycles. The zero-order valence-electron chi connectivity index (χ0n) is 11.5. The van der Waals surface area contributed by atoms with Crippen LogP contribution in [0.4, 0.5) is 0 Å². The summed E-state index contributed by atoms with van der Waals surface area (Å²) in [5, 5.41) is 0.282. The van der Waals surface area contributed by atoms with Gasteiger partial charge in [-0.1, -0.05) is 6.07 Å². The van der Waals surface area contributed by atoms with Crippen LogP contribution < -0.4 is 9.47 Å². The van der Waals surface area contributed by atoms with Crippen LogP contribution in [0.15, 0.2) is 18.2 Å². The summed E-state index contributed by atoms with van der Waals surface area (Å²) < 4.78 is 11.1. The van der Waals surface area contributed by atoms with Gasteiger partial charge >= 0.3 is 0 Å². The molecule has 1 amide bonds. The normalized spacial score (nSPS) is 23.9. The van der Waals surface area contributed by atoms with E-state index in [1.165, 1.54) is 0 Å². The number of halogens is 1. The Morgan fingerprint density at radius 2 is 2.10 bits per heavy atom. The monoisotopic (exact) mass is 295 g/mol. The van der Waals surface area contributed by atoms with E-state index in [2.05, 4.69) is 0 Å². The van der Waals surface area contributed by atoms with Gasteiger partial charge in [0, 0.05) is 19.0 Å². The molecule has 3 rings (SSSR count). The van der Waals surface area contributed by atoms with Crippen molar-refractivity contribution in [2.75, 3.05) is 26.8 Å². The fourth-order valence-electron chi connectivity index (χ4n) is 2.72. The van der Waals surface area contributed by atoms with Gasteiger partial charge in [0.25, 0.3) is 5.91 Å². The van der Waals surface area contributed by atoms with Crippen molar-refractivity contribution < 1.29 is 14.3 Å². The number of hydrogen-bond donors (Lipinski definition) is 0. The van der Waals surface area contributed by atoms with E-state index >= 15 is 0 Å². The maximum atomic E-state index is 12.5. The zero-order valence-corrected chi connectivity index (χ0v) is 12.2. The summed E-state index contributed by atoms with van der Waals surface area (Å²) in [6, 6.07) is 5.44. The number of para-hydroxylation sites is 1. The maximum absolute atomic E-state index is 12.5. The minimum absolute atomic E-state index is 0.0228. The molecule has 2 aliphatic rings. The number of carbonyl (C=O) groups excluding carboxylic acids is 1. The lowest BCUT2D eigenvalue weighted by molar-refractivity contribution is 0.0736. The molecule has 0 atom stereocenters. The number of ether oxygens (including phenoxy) is 2. The third kappa shape index (κ3) is 2.57. The number of nitrogens with zero attached hydrogens (tertiary/aromatic N) is 1. The predicted octanol–water partition coefficient (Wildman–Crippen LogP) is 2.55. The second-order valence-corrected chi connectivity index (χ2v) is 6.07. The van der Waals surface area contributed by atoms with Crippen LogP contribution in [-0.4, -0.2) is 43.0 Å². The average Bonchev–Trinajstić information content (AvgIpc) is 2.44. The Morgan fingerprint density at radius 1 is 1.35 bits per heavy atom. The van der Waals surface area contributed by atoms with Gasteiger partial charge in [-0.05, 0) is 30.9 Å². The number of benzene rings is 1. The van der Waals surface area contributed by atoms with E-state index in [4.69, 9.17) is 21.1 Å². The van der Waals surface area contributed by atoms with Crippen molar-refractivity contribution in [3.8, 4) is 11.5 Å². The lowest BCUT2D eigenvalue weighted by atomic mass is 9.84. The summed E-state index contributed by atoms with van der Waals surface area (Å²) in [6.45, 7) is 1.75. The zero-order chi connectivity index (χ0) is 14.1. The smallest absolute Gasteiger partial charge is 0.257 e. The van der Waals surface area contributed by atoms with Gasteiger partial charge in [0.15, 0.2) is 11.5 Å². The van der Waals surface area contributed by atoms with Gasteiger partial charge in [0.2, 0.25) is 0 Å². The van der Waals surface area contributed by atoms with E-state index in [0.29, 0.717) is 36.2 Å². The molecule has 5 heteroatoms. The second-order valence-electron chi connectivity index (χ2n) is 5.45. The van der Waals surface area contributed by atoms with Gasteiger partial charge in [-0.3, -0.25) is 4.79 Å². The van der Waals surface area contributed by atoms with Crippen molar-refractivity contribution in [1.29, 1.82) is 0 Å². The van der Waals surface area contributed by atoms with Crippen LogP contribution in [0, 0.1) is 5.92 Å². The Kier molecular flexibility index (Phi) is 3.74. The Labute approximate surface area is 123 Å². The molecule has 0 unspecified atom stereocenters. The molecule has 1 heterocycles. The maximum Gasteiger partial charge on any atom is 0.257 e. The molecule has 0 radical (unpaired) electrons. The molecule has 0 bridgehead atoms. The second kappa shape index (κ2) is 5.52. The third-order valence-electron chi connectivity index (χ3n) is 3.85. The summed E-state index contributed by atoms with van der Waals surface area (Å²) in [4.78, 5) is 14.3. The number of fused-ring (bicyclic) bond motifs is 1. The molecule has 0 spiro atoms. The summed E-state index contributed by atoms with van der Waals surface area (Å²) in [5.74, 6) is 1.72. The predicted molar refractivity (Wildman–Crippen MR) is 76.8 cm³/mol. The topological polar surface area (TPSA) is 38.8 Å². The van der Waals surface area contributed by atoms with E-state index in [9.17, 15) is 4.79 Å². The quantitative estimate of drug-likeness (QED) is 0.805. The van der Waals surface area contributed by atoms with Crippen molar-refractivity contribution in [1.82, 2.24) is 4.90 Å². The minimum atomic E-state index is -0.0228. The van der Waals surface area contributed by atoms with Crippen molar-refractivity contribution in [3.63, 3.8) is 0 Å². The Morgan fingerprint density at radius 3 is 2.85 bits per heavy atom. The number of amides is 1. The largest absolute Gasteiger partial charge is 0.486 e. The Balaban J connectivity index is 1.73. The Hall–Kier alpha value is -1.42. The lowest BCUT2D eigenvalue weighted by Crippen LogP contribution is -2.38. The molecule has 1 aromatic carbocycles. The van der Waals surface area contributed by atoms with Crippen molar-refractivity contribution in [2.45, 2.75) is 18.2 Å². The number of carbonyl (C=O) groups is 1. The van der Waals surface area contributed by atoms with E-state index in [0.717, 1.165) is 19.4 Å². The molecule has 108 valence electrons. The highest BCUT2D eigenvalue weighted by Gasteiger charge is 2.30. The van der Waals surface area contributed by atoms with Crippen LogP contribution in [0.3, 0.4) is 0 Å². The molecule has 1 aliphatic carbocycles. The SMILES string of the molecule is CN(CC1CC(Cl)C1)C(=O)c1cccc2c1OCCO2. The van der Waals surface area contributed by atoms with E-state index in [1.807, 2.05) is 19.2 Å². The van der Waals surface area contributed by atoms with Gasteiger partial charge in [-0.25, -0.2) is 0 Å². The van der Waals surface area contributed by atoms with Gasteiger partial charge in [0.05, 0.1) is 5.56 Å². The molecule has 0 aromatic heterocycles. The van der Waals surface area contributed by atoms with Gasteiger partial charge in [-0.2, -0.15) is 0 Å². The third-order valence-corrected chi connectivity index (χ3v) is 4.21. The summed E-state index contributed by atoms with van der Waals surface area (Å²) in [7, 11) is 1.83. The lowest BCUT2D eigenvalue weighted by Gasteiger charge is -2.34. The fourth-order valence-corrected chi connectivity index (χ4v) is 3.23. The standard InChI is InChI=1S/C15H18ClNO3/c1-17(9-10-7-11(16)8-10)15(18)12-3-2-4-13-14(12)20-6-5-19-13/h2-4,10-11H,5-9H2,1H3. The van der Waals surface area contributed by atoms with Crippen LogP contribution in [0.25, 0.3) is 0 Å². The fraction of sp³-hybridized carbons (Fsp3) is 0.533. The molecule has 0 saturated heterocycles. The van der Waals surface area contributed by atoms with Crippen LogP contribution in [-0.2, 0) is 0 Å². The molecular weight excluding hydrogens is 278 g/mol. The summed E-state index contributed by atoms with van der Waals surface area (Å²) in [5.41, 5.74) is 0.575. The summed E-state index contributed by atoms with van der Waals surface area (Å²) >= 11 is 5.98. The molecule has 20 heavy (non-hydrogen) atoms. The number of hydrogen-bond acceptors (Lipinski definition) is 3. The van der Waals surface area contributed by atoms with Gasteiger partial charge in [-0.15, -0.1) is 11.6 Å². The first-order valence-corrected chi connectivity index (χ1v) is 7.37. The van der Waals surface area contributed by atoms with Crippen LogP contribution in [0.2, 0.25) is 0 Å². The molecule has 4 nitrogen and oxygen atoms in total. The van der Waals surface area contributed by atoms with Gasteiger partial charge in [0.1, 0.15) is 13.2 Å². The van der Waals surface area contributed by atoms with E-state index in [-0.39, 0.29) is 11.3 Å². The van der Waals surface area contributed by atoms with E-state index < -0.39 is 0 Å². The van der Waals surface area contributed by atoms with Crippen molar-refractivity contribution in [2.24, 2.45) is 5.92 Å². The van der Waals surface area contributed by atoms with Crippen LogP contribution in [0.1, 0.15) is 23.2 Å². The van der Waals surface area contributed by atoms with E-state index in [1.54, 1.807) is 11.0 Å². The highest BCUT2D eigenvalue weighted by molar-refractivity contribution is 6.21. The first-order chi connectivity index (χ1) is 9.65. The molecular formula is C15H18ClNO3. The molecule has 1 aliphatic heterocycles. The molecule has 1 aromatic rings. The summed E-state index contributed by atoms with van der Waals surface area (Å²) in [6.07, 6.45) is 1.98. The Bertz CT molecular complexity index is 514. The van der Waals surface area contributed by atoms with Crippen molar-refractivity contribution >= 4 is 17.5 Å². The van der Waals surface area contributed by atoms with Crippen LogP contribution in [0.5, 0.6) is 11.5 Å². The molecule has 0 N–H and O–H groups in total. The average molecular weight is 296 g/mol.